The number of carbonyl (C=O) groups excluding carboxylic acids is 2. The van der Waals surface area contributed by atoms with Gasteiger partial charge in [-0.3, -0.25) is 19.6 Å². The molecule has 1 aromatic rings. The second-order valence-corrected chi connectivity index (χ2v) is 15.0. The van der Waals surface area contributed by atoms with Crippen LogP contribution < -0.4 is 5.32 Å². The van der Waals surface area contributed by atoms with Crippen LogP contribution in [-0.2, 0) is 20.7 Å². The lowest BCUT2D eigenvalue weighted by atomic mass is 9.64. The Labute approximate surface area is 259 Å². The highest BCUT2D eigenvalue weighted by molar-refractivity contribution is 8.00. The number of fused-ring (bicyclic) bond motifs is 4. The van der Waals surface area contributed by atoms with Gasteiger partial charge in [-0.1, -0.05) is 19.3 Å². The van der Waals surface area contributed by atoms with Crippen LogP contribution in [0, 0.1) is 17.8 Å². The molecule has 0 spiro atoms. The highest BCUT2D eigenvalue weighted by atomic mass is 32.2. The Bertz CT molecular complexity index is 1200. The zero-order valence-electron chi connectivity index (χ0n) is 25.3. The first-order chi connectivity index (χ1) is 21.0. The van der Waals surface area contributed by atoms with Crippen LogP contribution in [0.4, 0.5) is 4.39 Å². The molecule has 10 unspecified atom stereocenters. The van der Waals surface area contributed by atoms with Crippen LogP contribution in [0.15, 0.2) is 30.4 Å². The van der Waals surface area contributed by atoms with E-state index in [9.17, 15) is 9.59 Å². The first-order valence-corrected chi connectivity index (χ1v) is 17.7. The smallest absolute Gasteiger partial charge is 0.256 e. The van der Waals surface area contributed by atoms with Crippen LogP contribution in [0.25, 0.3) is 0 Å². The van der Waals surface area contributed by atoms with Crippen LogP contribution in [0.2, 0.25) is 0 Å². The molecule has 234 valence electrons. The maximum absolute atomic E-state index is 16.2. The molecule has 10 atom stereocenters. The van der Waals surface area contributed by atoms with Crippen LogP contribution in [0.1, 0.15) is 69.9 Å². The van der Waals surface area contributed by atoms with Gasteiger partial charge in [0.25, 0.3) is 5.91 Å². The fourth-order valence-corrected chi connectivity index (χ4v) is 10.6. The third kappa shape index (κ3) is 5.76. The molecule has 0 aromatic carbocycles. The van der Waals surface area contributed by atoms with E-state index in [4.69, 9.17) is 4.74 Å². The number of carbonyl (C=O) groups is 2. The third-order valence-corrected chi connectivity index (χ3v) is 12.8. The van der Waals surface area contributed by atoms with Crippen molar-refractivity contribution >= 4 is 23.5 Å². The van der Waals surface area contributed by atoms with Crippen molar-refractivity contribution in [3.63, 3.8) is 0 Å². The molecule has 6 aliphatic rings. The second kappa shape index (κ2) is 12.8. The van der Waals surface area contributed by atoms with Gasteiger partial charge in [-0.05, 0) is 76.1 Å². The molecule has 8 nitrogen and oxygen atoms in total. The summed E-state index contributed by atoms with van der Waals surface area (Å²) in [5.41, 5.74) is 1.11. The van der Waals surface area contributed by atoms with Gasteiger partial charge in [-0.15, -0.1) is 0 Å². The van der Waals surface area contributed by atoms with E-state index in [1.807, 2.05) is 6.20 Å². The highest BCUT2D eigenvalue weighted by Gasteiger charge is 2.60. The summed E-state index contributed by atoms with van der Waals surface area (Å²) in [6.07, 6.45) is 16.6. The Balaban J connectivity index is 1.13. The fraction of sp³-hybridized carbons (Fsp3) is 0.758. The number of amides is 1. The molecule has 7 rings (SSSR count). The third-order valence-electron chi connectivity index (χ3n) is 11.4. The molecule has 0 bridgehead atoms. The number of nitrogens with zero attached hydrogens (tertiary/aromatic N) is 4. The highest BCUT2D eigenvalue weighted by Crippen LogP contribution is 2.52. The topological polar surface area (TPSA) is 87.7 Å². The predicted octanol–water partition coefficient (Wildman–Crippen LogP) is 3.95. The number of alkyl halides is 1. The van der Waals surface area contributed by atoms with Gasteiger partial charge in [0.1, 0.15) is 6.17 Å². The number of nitrogens with one attached hydrogen (secondary N) is 1. The number of hydrogen-bond acceptors (Lipinski definition) is 8. The van der Waals surface area contributed by atoms with Gasteiger partial charge in [-0.25, -0.2) is 4.39 Å². The zero-order valence-corrected chi connectivity index (χ0v) is 26.1. The van der Waals surface area contributed by atoms with Gasteiger partial charge in [0.05, 0.1) is 40.8 Å². The van der Waals surface area contributed by atoms with Gasteiger partial charge < -0.3 is 19.9 Å². The van der Waals surface area contributed by atoms with Gasteiger partial charge in [-0.2, -0.15) is 11.8 Å². The van der Waals surface area contributed by atoms with Crippen LogP contribution in [-0.4, -0.2) is 99.1 Å². The maximum Gasteiger partial charge on any atom is 0.256 e. The monoisotopic (exact) mass is 611 g/mol. The molecule has 5 fully saturated rings. The molecule has 3 aliphatic heterocycles. The van der Waals surface area contributed by atoms with E-state index in [-0.39, 0.29) is 53.2 Å². The lowest BCUT2D eigenvalue weighted by Gasteiger charge is -2.61. The average molecular weight is 612 g/mol. The van der Waals surface area contributed by atoms with Gasteiger partial charge in [0.2, 0.25) is 0 Å². The van der Waals surface area contributed by atoms with Crippen molar-refractivity contribution in [3.05, 3.63) is 36.1 Å². The van der Waals surface area contributed by atoms with Gasteiger partial charge in [0, 0.05) is 49.7 Å². The summed E-state index contributed by atoms with van der Waals surface area (Å²) < 4.78 is 23.2. The molecule has 1 amide bonds. The number of morpholine rings is 1. The normalized spacial score (nSPS) is 39.0. The van der Waals surface area contributed by atoms with E-state index in [2.05, 4.69) is 32.1 Å². The van der Waals surface area contributed by atoms with Crippen molar-refractivity contribution in [2.75, 3.05) is 25.9 Å². The minimum absolute atomic E-state index is 0.0148. The Morgan fingerprint density at radius 3 is 2.84 bits per heavy atom. The van der Waals surface area contributed by atoms with E-state index in [0.717, 1.165) is 50.1 Å². The van der Waals surface area contributed by atoms with E-state index >= 15 is 4.39 Å². The number of ketones is 1. The molecule has 43 heavy (non-hydrogen) atoms. The minimum Gasteiger partial charge on any atom is -0.369 e. The second-order valence-electron chi connectivity index (χ2n) is 13.7. The Morgan fingerprint density at radius 2 is 2.02 bits per heavy atom. The summed E-state index contributed by atoms with van der Waals surface area (Å²) in [5.74, 6) is 0.764. The first kappa shape index (κ1) is 29.7. The van der Waals surface area contributed by atoms with Crippen LogP contribution in [0.5, 0.6) is 0 Å². The van der Waals surface area contributed by atoms with E-state index in [1.165, 1.54) is 25.7 Å². The molecule has 0 radical (unpaired) electrons. The van der Waals surface area contributed by atoms with E-state index in [0.29, 0.717) is 30.8 Å². The number of hydrogen-bond donors (Lipinski definition) is 1. The van der Waals surface area contributed by atoms with E-state index < -0.39 is 12.1 Å². The van der Waals surface area contributed by atoms with Crippen LogP contribution in [0.3, 0.4) is 0 Å². The first-order valence-electron chi connectivity index (χ1n) is 16.7. The van der Waals surface area contributed by atoms with Crippen molar-refractivity contribution in [1.82, 2.24) is 25.1 Å². The minimum atomic E-state index is -1.17. The fourth-order valence-electron chi connectivity index (χ4n) is 9.23. The molecule has 2 saturated heterocycles. The molecule has 1 N–H and O–H groups in total. The summed E-state index contributed by atoms with van der Waals surface area (Å²) in [6, 6.07) is 0.382. The van der Waals surface area contributed by atoms with Gasteiger partial charge in [0.15, 0.2) is 5.78 Å². The van der Waals surface area contributed by atoms with Crippen molar-refractivity contribution in [2.24, 2.45) is 17.8 Å². The zero-order chi connectivity index (χ0) is 29.5. The van der Waals surface area contributed by atoms with Gasteiger partial charge >= 0.3 is 0 Å². The van der Waals surface area contributed by atoms with Crippen LogP contribution >= 0.6 is 11.8 Å². The van der Waals surface area contributed by atoms with Crippen molar-refractivity contribution in [3.8, 4) is 0 Å². The number of aromatic nitrogens is 2. The molecular weight excluding hydrogens is 565 g/mol. The van der Waals surface area contributed by atoms with Crippen molar-refractivity contribution < 1.29 is 18.7 Å². The molecule has 4 heterocycles. The quantitative estimate of drug-likeness (QED) is 0.443. The molecule has 1 aromatic heterocycles. The largest absolute Gasteiger partial charge is 0.369 e. The Morgan fingerprint density at radius 1 is 1.14 bits per heavy atom. The number of thioether (sulfide) groups is 1. The summed E-state index contributed by atoms with van der Waals surface area (Å²) in [5, 5.41) is 2.70. The van der Waals surface area contributed by atoms with Crippen molar-refractivity contribution in [1.29, 1.82) is 0 Å². The molecular formula is C33H46FN5O3S. The standard InChI is InChI=1S/C33H46FN5O3S/c1-38-15-4-6-22(38)10-12-37-33(41)25-19-39-27-9-8-20-5-2-3-7-23(20)30(27)42-31-28(39)24(29(25)40)17-26(34)32(31)43-16-11-21-18-35-13-14-36-21/h13-14,18-20,22-24,26-28,30-32H,2-12,15-17H2,1H3,(H,37,41). The summed E-state index contributed by atoms with van der Waals surface area (Å²) in [6.45, 7) is 1.64. The molecule has 3 aliphatic carbocycles. The number of ether oxygens (including phenoxy) is 1. The molecule has 10 heteroatoms. The van der Waals surface area contributed by atoms with E-state index in [1.54, 1.807) is 30.4 Å². The summed E-state index contributed by atoms with van der Waals surface area (Å²) >= 11 is 1.62. The maximum atomic E-state index is 16.2. The lowest BCUT2D eigenvalue weighted by molar-refractivity contribution is -0.209. The van der Waals surface area contributed by atoms with Crippen molar-refractivity contribution in [2.45, 2.75) is 112 Å². The SMILES string of the molecule is CN1CCCC1CCNC(=O)C1=CN2C3CCC4CCCCC4C3OC3C(SCCc4cnccn4)C(F)CC(C1=O)C32. The number of rotatable bonds is 8. The Hall–Kier alpha value is -2.04. The molecule has 3 saturated carbocycles. The summed E-state index contributed by atoms with van der Waals surface area (Å²) in [7, 11) is 2.14. The number of likely N-dealkylation sites (tertiary alicyclic amines) is 1. The summed E-state index contributed by atoms with van der Waals surface area (Å²) in [4.78, 5) is 40.7. The number of halogens is 1. The number of Topliss-reactive ketones (excluding diaryl/α,β-unsaturated/α-hetero) is 1. The Kier molecular flexibility index (Phi) is 8.80. The number of aryl methyl sites for hydroxylation is 1. The average Bonchev–Trinajstić information content (AvgIpc) is 3.44. The lowest BCUT2D eigenvalue weighted by Crippen LogP contribution is -2.72. The predicted molar refractivity (Wildman–Crippen MR) is 164 cm³/mol.